The summed E-state index contributed by atoms with van der Waals surface area (Å²) in [6, 6.07) is 9.32. The first kappa shape index (κ1) is 18.4. The Morgan fingerprint density at radius 2 is 2.04 bits per heavy atom. The number of thiazole rings is 1. The molecule has 0 aliphatic rings. The second-order valence-corrected chi connectivity index (χ2v) is 7.46. The topological polar surface area (TPSA) is 101 Å². The van der Waals surface area contributed by atoms with Crippen LogP contribution in [0.2, 0.25) is 0 Å². The Hall–Kier alpha value is -2.98. The van der Waals surface area contributed by atoms with Crippen LogP contribution in [0.3, 0.4) is 0 Å². The third-order valence-corrected chi connectivity index (χ3v) is 5.85. The number of aromatic nitrogens is 4. The van der Waals surface area contributed by atoms with E-state index in [1.165, 1.54) is 16.4 Å². The maximum atomic E-state index is 6.08. The summed E-state index contributed by atoms with van der Waals surface area (Å²) >= 11 is 3.03. The van der Waals surface area contributed by atoms with Crippen molar-refractivity contribution < 1.29 is 13.9 Å². The number of methoxy groups -OCH3 is 2. The van der Waals surface area contributed by atoms with Crippen molar-refractivity contribution in [3.05, 3.63) is 47.7 Å². The third-order valence-electron chi connectivity index (χ3n) is 3.94. The van der Waals surface area contributed by atoms with Gasteiger partial charge < -0.3 is 19.7 Å². The molecule has 1 aromatic carbocycles. The normalized spacial score (nSPS) is 10.9. The molecule has 0 unspecified atom stereocenters. The van der Waals surface area contributed by atoms with Gasteiger partial charge >= 0.3 is 0 Å². The Balaban J connectivity index is 1.47. The highest BCUT2D eigenvalue weighted by atomic mass is 32.2. The third kappa shape index (κ3) is 3.56. The molecule has 0 aliphatic heterocycles. The molecule has 28 heavy (non-hydrogen) atoms. The number of hydrogen-bond donors (Lipinski definition) is 1. The van der Waals surface area contributed by atoms with Gasteiger partial charge in [-0.1, -0.05) is 11.8 Å². The number of benzene rings is 1. The molecule has 0 spiro atoms. The summed E-state index contributed by atoms with van der Waals surface area (Å²) in [4.78, 5) is 4.70. The highest BCUT2D eigenvalue weighted by Gasteiger charge is 2.15. The van der Waals surface area contributed by atoms with Crippen molar-refractivity contribution in [2.75, 3.05) is 20.1 Å². The van der Waals surface area contributed by atoms with Gasteiger partial charge in [0.05, 0.1) is 26.2 Å². The molecule has 10 heteroatoms. The number of nitrogen functional groups attached to an aromatic ring is 1. The molecule has 0 radical (unpaired) electrons. The number of ether oxygens (including phenoxy) is 2. The zero-order valence-electron chi connectivity index (χ0n) is 15.2. The van der Waals surface area contributed by atoms with Crippen molar-refractivity contribution in [3.63, 3.8) is 0 Å². The van der Waals surface area contributed by atoms with Gasteiger partial charge in [-0.2, -0.15) is 0 Å². The molecular weight excluding hydrogens is 398 g/mol. The van der Waals surface area contributed by atoms with Gasteiger partial charge in [0.1, 0.15) is 5.01 Å². The van der Waals surface area contributed by atoms with E-state index in [1.807, 2.05) is 23.6 Å². The number of rotatable bonds is 7. The lowest BCUT2D eigenvalue weighted by molar-refractivity contribution is 0.355. The van der Waals surface area contributed by atoms with E-state index in [-0.39, 0.29) is 0 Å². The van der Waals surface area contributed by atoms with Crippen LogP contribution in [0.1, 0.15) is 5.69 Å². The van der Waals surface area contributed by atoms with E-state index < -0.39 is 0 Å². The Bertz CT molecular complexity index is 1080. The van der Waals surface area contributed by atoms with Gasteiger partial charge in [0.25, 0.3) is 0 Å². The Morgan fingerprint density at radius 3 is 2.79 bits per heavy atom. The fourth-order valence-electron chi connectivity index (χ4n) is 2.56. The second-order valence-electron chi connectivity index (χ2n) is 5.66. The first-order valence-electron chi connectivity index (χ1n) is 8.23. The van der Waals surface area contributed by atoms with Gasteiger partial charge in [0.2, 0.25) is 11.0 Å². The standard InChI is InChI=1S/C18H17N5O3S2/c1-24-13-6-5-11(8-15(13)25-2)17-20-12(9-27-17)10-28-18-22-21-16(23(18)19)14-4-3-7-26-14/h3-9H,10,19H2,1-2H3. The molecule has 8 nitrogen and oxygen atoms in total. The SMILES string of the molecule is COc1ccc(-c2nc(CSc3nnc(-c4ccco4)n3N)cs2)cc1OC. The predicted octanol–water partition coefficient (Wildman–Crippen LogP) is 3.68. The molecule has 0 bridgehead atoms. The summed E-state index contributed by atoms with van der Waals surface area (Å²) in [5.74, 6) is 9.12. The first-order valence-corrected chi connectivity index (χ1v) is 10.1. The minimum Gasteiger partial charge on any atom is -0.493 e. The van der Waals surface area contributed by atoms with Crippen LogP contribution in [-0.2, 0) is 5.75 Å². The van der Waals surface area contributed by atoms with Crippen molar-refractivity contribution in [1.82, 2.24) is 19.9 Å². The summed E-state index contributed by atoms with van der Waals surface area (Å²) in [6.45, 7) is 0. The summed E-state index contributed by atoms with van der Waals surface area (Å²) in [5, 5.41) is 11.7. The predicted molar refractivity (Wildman–Crippen MR) is 108 cm³/mol. The monoisotopic (exact) mass is 415 g/mol. The van der Waals surface area contributed by atoms with Gasteiger partial charge in [0, 0.05) is 16.7 Å². The zero-order valence-corrected chi connectivity index (χ0v) is 16.8. The van der Waals surface area contributed by atoms with E-state index in [2.05, 4.69) is 10.2 Å². The molecule has 3 aromatic heterocycles. The van der Waals surface area contributed by atoms with Gasteiger partial charge in [-0.25, -0.2) is 9.66 Å². The highest BCUT2D eigenvalue weighted by molar-refractivity contribution is 7.98. The van der Waals surface area contributed by atoms with Crippen molar-refractivity contribution in [2.45, 2.75) is 10.9 Å². The molecule has 4 aromatic rings. The molecule has 144 valence electrons. The number of furan rings is 1. The summed E-state index contributed by atoms with van der Waals surface area (Å²) in [7, 11) is 3.23. The van der Waals surface area contributed by atoms with Crippen LogP contribution in [0, 0.1) is 0 Å². The van der Waals surface area contributed by atoms with Crippen molar-refractivity contribution in [1.29, 1.82) is 0 Å². The summed E-state index contributed by atoms with van der Waals surface area (Å²) in [6.07, 6.45) is 1.57. The van der Waals surface area contributed by atoms with Gasteiger partial charge in [0.15, 0.2) is 17.3 Å². The van der Waals surface area contributed by atoms with E-state index in [0.717, 1.165) is 16.3 Å². The van der Waals surface area contributed by atoms with Crippen molar-refractivity contribution in [2.24, 2.45) is 0 Å². The molecular formula is C18H17N5O3S2. The van der Waals surface area contributed by atoms with Crippen LogP contribution in [0.4, 0.5) is 0 Å². The second kappa shape index (κ2) is 7.95. The van der Waals surface area contributed by atoms with E-state index >= 15 is 0 Å². The molecule has 0 saturated heterocycles. The largest absolute Gasteiger partial charge is 0.493 e. The maximum absolute atomic E-state index is 6.08. The van der Waals surface area contributed by atoms with Crippen LogP contribution in [0.5, 0.6) is 11.5 Å². The Morgan fingerprint density at radius 1 is 1.18 bits per heavy atom. The molecule has 0 saturated carbocycles. The smallest absolute Gasteiger partial charge is 0.218 e. The van der Waals surface area contributed by atoms with Crippen molar-refractivity contribution >= 4 is 23.1 Å². The van der Waals surface area contributed by atoms with Gasteiger partial charge in [-0.05, 0) is 30.3 Å². The lowest BCUT2D eigenvalue weighted by atomic mass is 10.2. The summed E-state index contributed by atoms with van der Waals surface area (Å²) in [5.41, 5.74) is 1.91. The van der Waals surface area contributed by atoms with Crippen LogP contribution in [-0.4, -0.2) is 34.1 Å². The molecule has 3 heterocycles. The van der Waals surface area contributed by atoms with Gasteiger partial charge in [-0.3, -0.25) is 0 Å². The lowest BCUT2D eigenvalue weighted by Gasteiger charge is -2.08. The number of thioether (sulfide) groups is 1. The fourth-order valence-corrected chi connectivity index (χ4v) is 4.23. The quantitative estimate of drug-likeness (QED) is 0.360. The van der Waals surface area contributed by atoms with Crippen LogP contribution < -0.4 is 15.3 Å². The van der Waals surface area contributed by atoms with Crippen molar-refractivity contribution in [3.8, 4) is 33.7 Å². The summed E-state index contributed by atoms with van der Waals surface area (Å²) < 4.78 is 17.4. The van der Waals surface area contributed by atoms with E-state index in [4.69, 9.17) is 24.7 Å². The average molecular weight is 416 g/mol. The Kier molecular flexibility index (Phi) is 5.22. The number of hydrogen-bond acceptors (Lipinski definition) is 9. The van der Waals surface area contributed by atoms with Crippen LogP contribution in [0.25, 0.3) is 22.2 Å². The maximum Gasteiger partial charge on any atom is 0.218 e. The fraction of sp³-hybridized carbons (Fsp3) is 0.167. The van der Waals surface area contributed by atoms with Crippen LogP contribution >= 0.6 is 23.1 Å². The first-order chi connectivity index (χ1) is 13.7. The number of nitrogens with two attached hydrogens (primary N) is 1. The van der Waals surface area contributed by atoms with Gasteiger partial charge in [-0.15, -0.1) is 21.5 Å². The molecule has 2 N–H and O–H groups in total. The molecule has 0 atom stereocenters. The average Bonchev–Trinajstić information content (AvgIpc) is 3.47. The zero-order chi connectivity index (χ0) is 19.5. The molecule has 0 aliphatic carbocycles. The van der Waals surface area contributed by atoms with E-state index in [1.54, 1.807) is 44.0 Å². The van der Waals surface area contributed by atoms with E-state index in [0.29, 0.717) is 34.0 Å². The minimum absolute atomic E-state index is 0.483. The molecule has 0 amide bonds. The lowest BCUT2D eigenvalue weighted by Crippen LogP contribution is -2.11. The van der Waals surface area contributed by atoms with Crippen LogP contribution in [0.15, 0.2) is 51.5 Å². The number of nitrogens with zero attached hydrogens (tertiary/aromatic N) is 4. The minimum atomic E-state index is 0.483. The Labute approximate surface area is 169 Å². The molecule has 0 fully saturated rings. The highest BCUT2D eigenvalue weighted by Crippen LogP contribution is 2.34. The van der Waals surface area contributed by atoms with E-state index in [9.17, 15) is 0 Å². The molecule has 4 rings (SSSR count).